The molecule has 0 aromatic carbocycles. The van der Waals surface area contributed by atoms with Crippen molar-refractivity contribution in [1.82, 2.24) is 4.98 Å². The lowest BCUT2D eigenvalue weighted by molar-refractivity contribution is -0.137. The van der Waals surface area contributed by atoms with E-state index >= 15 is 0 Å². The number of nitrogens with zero attached hydrogens (tertiary/aromatic N) is 1. The van der Waals surface area contributed by atoms with Crippen molar-refractivity contribution in [3.63, 3.8) is 0 Å². The second kappa shape index (κ2) is 4.45. The molecule has 0 aliphatic heterocycles. The number of aromatic nitrogens is 1. The number of rotatable bonds is 3. The van der Waals surface area contributed by atoms with Gasteiger partial charge in [0.05, 0.1) is 6.61 Å². The van der Waals surface area contributed by atoms with Crippen LogP contribution in [0.5, 0.6) is 0 Å². The van der Waals surface area contributed by atoms with Gasteiger partial charge in [0.15, 0.2) is 11.5 Å². The second-order valence-corrected chi connectivity index (χ2v) is 2.38. The van der Waals surface area contributed by atoms with E-state index in [0.717, 1.165) is 6.07 Å². The van der Waals surface area contributed by atoms with E-state index in [1.807, 2.05) is 0 Å². The summed E-state index contributed by atoms with van der Waals surface area (Å²) in [6.45, 7) is 1.62. The van der Waals surface area contributed by atoms with Crippen molar-refractivity contribution < 1.29 is 18.7 Å². The van der Waals surface area contributed by atoms with Crippen LogP contribution >= 0.6 is 0 Å². The third-order valence-corrected chi connectivity index (χ3v) is 1.43. The van der Waals surface area contributed by atoms with Gasteiger partial charge in [-0.05, 0) is 19.1 Å². The number of ether oxygens (including phenoxy) is 1. The fraction of sp³-hybridized carbons (Fsp3) is 0.222. The van der Waals surface area contributed by atoms with Gasteiger partial charge in [-0.25, -0.2) is 14.2 Å². The van der Waals surface area contributed by atoms with E-state index in [2.05, 4.69) is 9.72 Å². The van der Waals surface area contributed by atoms with Crippen molar-refractivity contribution in [2.75, 3.05) is 6.61 Å². The third-order valence-electron chi connectivity index (χ3n) is 1.43. The summed E-state index contributed by atoms with van der Waals surface area (Å²) in [6, 6.07) is 2.39. The molecule has 1 aromatic rings. The van der Waals surface area contributed by atoms with Gasteiger partial charge in [-0.1, -0.05) is 0 Å². The van der Waals surface area contributed by atoms with Crippen LogP contribution in [0.25, 0.3) is 0 Å². The molecule has 0 fully saturated rings. The molecule has 74 valence electrons. The Morgan fingerprint density at radius 3 is 2.86 bits per heavy atom. The summed E-state index contributed by atoms with van der Waals surface area (Å²) < 4.78 is 17.4. The monoisotopic (exact) mass is 197 g/mol. The number of Topliss-reactive ketones (excluding diaryl/α,β-unsaturated/α-hetero) is 1. The molecule has 4 nitrogen and oxygen atoms in total. The molecule has 0 saturated heterocycles. The molecule has 0 bridgehead atoms. The van der Waals surface area contributed by atoms with Gasteiger partial charge in [0.25, 0.3) is 5.78 Å². The van der Waals surface area contributed by atoms with Crippen LogP contribution in [0.4, 0.5) is 4.39 Å². The molecule has 0 spiro atoms. The number of halogens is 1. The topological polar surface area (TPSA) is 56.3 Å². The number of hydrogen-bond acceptors (Lipinski definition) is 4. The van der Waals surface area contributed by atoms with Gasteiger partial charge in [0, 0.05) is 6.20 Å². The molecule has 0 radical (unpaired) electrons. The molecule has 0 amide bonds. The summed E-state index contributed by atoms with van der Waals surface area (Å²) in [4.78, 5) is 25.6. The van der Waals surface area contributed by atoms with Crippen molar-refractivity contribution in [3.8, 4) is 0 Å². The normalized spacial score (nSPS) is 9.57. The maximum Gasteiger partial charge on any atom is 0.381 e. The van der Waals surface area contributed by atoms with E-state index in [-0.39, 0.29) is 6.61 Å². The summed E-state index contributed by atoms with van der Waals surface area (Å²) in [7, 11) is 0. The molecule has 0 aliphatic carbocycles. The lowest BCUT2D eigenvalue weighted by Gasteiger charge is -2.00. The van der Waals surface area contributed by atoms with Crippen LogP contribution in [0.15, 0.2) is 18.3 Å². The van der Waals surface area contributed by atoms with Crippen LogP contribution in [-0.4, -0.2) is 23.3 Å². The van der Waals surface area contributed by atoms with Crippen molar-refractivity contribution >= 4 is 11.8 Å². The molecule has 0 aliphatic rings. The number of carbonyl (C=O) groups is 2. The molecule has 0 unspecified atom stereocenters. The molecule has 1 rings (SSSR count). The molecule has 5 heteroatoms. The Kier molecular flexibility index (Phi) is 3.28. The van der Waals surface area contributed by atoms with Crippen LogP contribution in [-0.2, 0) is 9.53 Å². The number of hydrogen-bond donors (Lipinski definition) is 0. The van der Waals surface area contributed by atoms with Crippen LogP contribution in [0.3, 0.4) is 0 Å². The second-order valence-electron chi connectivity index (χ2n) is 2.38. The van der Waals surface area contributed by atoms with Crippen LogP contribution in [0, 0.1) is 5.82 Å². The Bertz CT molecular complexity index is 365. The summed E-state index contributed by atoms with van der Waals surface area (Å²) >= 11 is 0. The smallest absolute Gasteiger partial charge is 0.381 e. The molecule has 0 N–H and O–H groups in total. The molecule has 1 aromatic heterocycles. The maximum atomic E-state index is 12.9. The summed E-state index contributed by atoms with van der Waals surface area (Å²) in [5, 5.41) is 0. The Labute approximate surface area is 79.7 Å². The minimum Gasteiger partial charge on any atom is -0.460 e. The standard InChI is InChI=1S/C9H8FNO3/c1-2-14-9(13)8(12)7-6(10)4-3-5-11-7/h3-5H,2H2,1H3. The van der Waals surface area contributed by atoms with Gasteiger partial charge < -0.3 is 4.74 Å². The average molecular weight is 197 g/mol. The van der Waals surface area contributed by atoms with Gasteiger partial charge in [-0.3, -0.25) is 4.79 Å². The van der Waals surface area contributed by atoms with Crippen molar-refractivity contribution in [2.45, 2.75) is 6.92 Å². The number of carbonyl (C=O) groups excluding carboxylic acids is 2. The van der Waals surface area contributed by atoms with Gasteiger partial charge in [0.1, 0.15) is 0 Å². The Morgan fingerprint density at radius 1 is 1.57 bits per heavy atom. The number of esters is 1. The predicted molar refractivity (Wildman–Crippen MR) is 45.2 cm³/mol. The Balaban J connectivity index is 2.90. The van der Waals surface area contributed by atoms with Gasteiger partial charge in [-0.2, -0.15) is 0 Å². The molecule has 14 heavy (non-hydrogen) atoms. The fourth-order valence-electron chi connectivity index (χ4n) is 0.846. The highest BCUT2D eigenvalue weighted by molar-refractivity contribution is 6.40. The van der Waals surface area contributed by atoms with Gasteiger partial charge in [0.2, 0.25) is 0 Å². The minimum atomic E-state index is -1.09. The molecular formula is C9H8FNO3. The zero-order chi connectivity index (χ0) is 10.6. The van der Waals surface area contributed by atoms with E-state index in [4.69, 9.17) is 0 Å². The van der Waals surface area contributed by atoms with Crippen molar-refractivity contribution in [1.29, 1.82) is 0 Å². The minimum absolute atomic E-state index is 0.0685. The van der Waals surface area contributed by atoms with E-state index in [1.165, 1.54) is 12.3 Å². The van der Waals surface area contributed by atoms with Gasteiger partial charge >= 0.3 is 5.97 Å². The first kappa shape index (κ1) is 10.3. The SMILES string of the molecule is CCOC(=O)C(=O)c1ncccc1F. The molecule has 0 saturated carbocycles. The van der Waals surface area contributed by atoms with Crippen LogP contribution < -0.4 is 0 Å². The third kappa shape index (κ3) is 2.12. The Hall–Kier alpha value is -1.78. The summed E-state index contributed by atoms with van der Waals surface area (Å²) in [5.41, 5.74) is -0.508. The number of pyridine rings is 1. The van der Waals surface area contributed by atoms with E-state index in [0.29, 0.717) is 0 Å². The van der Waals surface area contributed by atoms with Crippen molar-refractivity contribution in [2.24, 2.45) is 0 Å². The predicted octanol–water partition coefficient (Wildman–Crippen LogP) is 0.967. The lowest BCUT2D eigenvalue weighted by Crippen LogP contribution is -2.19. The quantitative estimate of drug-likeness (QED) is 0.411. The highest BCUT2D eigenvalue weighted by Gasteiger charge is 2.21. The maximum absolute atomic E-state index is 12.9. The highest BCUT2D eigenvalue weighted by atomic mass is 19.1. The molecule has 0 atom stereocenters. The Morgan fingerprint density at radius 2 is 2.29 bits per heavy atom. The lowest BCUT2D eigenvalue weighted by atomic mass is 10.2. The van der Waals surface area contributed by atoms with Crippen LogP contribution in [0.1, 0.15) is 17.4 Å². The van der Waals surface area contributed by atoms with Gasteiger partial charge in [-0.15, -0.1) is 0 Å². The largest absolute Gasteiger partial charge is 0.460 e. The first-order valence-electron chi connectivity index (χ1n) is 3.98. The van der Waals surface area contributed by atoms with Crippen molar-refractivity contribution in [3.05, 3.63) is 29.8 Å². The average Bonchev–Trinajstić information content (AvgIpc) is 2.18. The van der Waals surface area contributed by atoms with Crippen LogP contribution in [0.2, 0.25) is 0 Å². The fourth-order valence-corrected chi connectivity index (χ4v) is 0.846. The van der Waals surface area contributed by atoms with E-state index < -0.39 is 23.3 Å². The summed E-state index contributed by atoms with van der Waals surface area (Å²) in [6.07, 6.45) is 1.23. The summed E-state index contributed by atoms with van der Waals surface area (Å²) in [5.74, 6) is -2.99. The number of ketones is 1. The van der Waals surface area contributed by atoms with E-state index in [1.54, 1.807) is 6.92 Å². The zero-order valence-electron chi connectivity index (χ0n) is 7.49. The highest BCUT2D eigenvalue weighted by Crippen LogP contribution is 2.04. The molecule has 1 heterocycles. The van der Waals surface area contributed by atoms with E-state index in [9.17, 15) is 14.0 Å². The molecular weight excluding hydrogens is 189 g/mol. The first-order valence-corrected chi connectivity index (χ1v) is 3.98. The zero-order valence-corrected chi connectivity index (χ0v) is 7.49. The first-order chi connectivity index (χ1) is 6.66.